The maximum absolute atomic E-state index is 13.4. The highest BCUT2D eigenvalue weighted by Gasteiger charge is 2.22. The molecule has 198 valence electrons. The predicted octanol–water partition coefficient (Wildman–Crippen LogP) is 3.69. The lowest BCUT2D eigenvalue weighted by Gasteiger charge is -2.23. The van der Waals surface area contributed by atoms with Gasteiger partial charge in [0, 0.05) is 56.1 Å². The van der Waals surface area contributed by atoms with Crippen molar-refractivity contribution in [1.29, 1.82) is 0 Å². The summed E-state index contributed by atoms with van der Waals surface area (Å²) >= 11 is 0. The lowest BCUT2D eigenvalue weighted by atomic mass is 10.0. The summed E-state index contributed by atoms with van der Waals surface area (Å²) in [6.45, 7) is 7.03. The second-order valence-corrected chi connectivity index (χ2v) is 10.2. The molecule has 0 spiro atoms. The fraction of sp³-hybridized carbons (Fsp3) is 0.414. The molecule has 38 heavy (non-hydrogen) atoms. The molecule has 0 saturated carbocycles. The van der Waals surface area contributed by atoms with Gasteiger partial charge in [-0.15, -0.1) is 0 Å². The number of aromatic amines is 1. The van der Waals surface area contributed by atoms with Gasteiger partial charge in [-0.05, 0) is 61.6 Å². The van der Waals surface area contributed by atoms with E-state index in [2.05, 4.69) is 32.4 Å². The van der Waals surface area contributed by atoms with E-state index in [1.165, 1.54) is 0 Å². The molecular formula is C29H33N5O4. The summed E-state index contributed by atoms with van der Waals surface area (Å²) < 4.78 is 13.1. The molecule has 0 radical (unpaired) electrons. The van der Waals surface area contributed by atoms with Crippen molar-refractivity contribution in [1.82, 2.24) is 20.1 Å². The molecule has 2 aliphatic heterocycles. The van der Waals surface area contributed by atoms with Gasteiger partial charge in [-0.2, -0.15) is 5.10 Å². The van der Waals surface area contributed by atoms with Gasteiger partial charge in [0.05, 0.1) is 35.3 Å². The van der Waals surface area contributed by atoms with Gasteiger partial charge < -0.3 is 24.7 Å². The molecule has 2 N–H and O–H groups in total. The van der Waals surface area contributed by atoms with Crippen molar-refractivity contribution >= 4 is 33.4 Å². The van der Waals surface area contributed by atoms with Crippen molar-refractivity contribution in [2.45, 2.75) is 38.8 Å². The van der Waals surface area contributed by atoms with Crippen molar-refractivity contribution in [2.75, 3.05) is 44.4 Å². The maximum atomic E-state index is 13.4. The molecule has 9 heteroatoms. The second-order valence-electron chi connectivity index (χ2n) is 10.2. The second kappa shape index (κ2) is 10.6. The number of nitrogens with zero attached hydrogens (tertiary/aromatic N) is 3. The first-order chi connectivity index (χ1) is 18.6. The maximum Gasteiger partial charge on any atom is 0.259 e. The van der Waals surface area contributed by atoms with Crippen LogP contribution in [0.2, 0.25) is 0 Å². The number of rotatable bonds is 5. The molecule has 2 aliphatic rings. The molecule has 0 unspecified atom stereocenters. The fourth-order valence-corrected chi connectivity index (χ4v) is 5.59. The number of amides is 1. The van der Waals surface area contributed by atoms with Crippen molar-refractivity contribution in [3.8, 4) is 0 Å². The molecule has 0 aliphatic carbocycles. The Morgan fingerprint density at radius 3 is 2.79 bits per heavy atom. The predicted molar refractivity (Wildman–Crippen MR) is 147 cm³/mol. The molecule has 2 aromatic carbocycles. The van der Waals surface area contributed by atoms with Crippen LogP contribution < -0.4 is 15.8 Å². The van der Waals surface area contributed by atoms with Crippen LogP contribution in [0.25, 0.3) is 21.8 Å². The zero-order chi connectivity index (χ0) is 26.1. The first kappa shape index (κ1) is 24.6. The number of ether oxygens (including phenoxy) is 2. The van der Waals surface area contributed by atoms with E-state index in [0.29, 0.717) is 36.2 Å². The minimum absolute atomic E-state index is 0.144. The van der Waals surface area contributed by atoms with E-state index in [-0.39, 0.29) is 17.5 Å². The first-order valence-electron chi connectivity index (χ1n) is 13.4. The van der Waals surface area contributed by atoms with Crippen LogP contribution >= 0.6 is 0 Å². The smallest absolute Gasteiger partial charge is 0.259 e. The van der Waals surface area contributed by atoms with Gasteiger partial charge in [-0.3, -0.25) is 14.3 Å². The molecule has 2 saturated heterocycles. The van der Waals surface area contributed by atoms with Gasteiger partial charge >= 0.3 is 0 Å². The number of H-pyrrole nitrogens is 1. The standard InChI is InChI=1S/C29H33N5O4/c1-19-14-26-24(27-25(29(36)32-26)18-31-34(27)21-6-11-38-12-7-21)16-23(19)28(35)30-17-20-4-2-5-22(15-20)33-8-3-10-37-13-9-33/h2,4-5,14-16,18,21H,3,6-13,17H2,1H3,(H,30,35)(H,32,36). The number of pyridine rings is 1. The molecule has 2 fully saturated rings. The van der Waals surface area contributed by atoms with E-state index in [1.54, 1.807) is 6.20 Å². The number of anilines is 1. The Morgan fingerprint density at radius 2 is 1.92 bits per heavy atom. The van der Waals surface area contributed by atoms with Crippen LogP contribution in [0.4, 0.5) is 5.69 Å². The van der Waals surface area contributed by atoms with E-state index >= 15 is 0 Å². The number of hydrogen-bond donors (Lipinski definition) is 2. The van der Waals surface area contributed by atoms with Gasteiger partial charge in [0.25, 0.3) is 11.5 Å². The lowest BCUT2D eigenvalue weighted by Crippen LogP contribution is -2.26. The highest BCUT2D eigenvalue weighted by molar-refractivity contribution is 6.07. The number of carbonyl (C=O) groups excluding carboxylic acids is 1. The van der Waals surface area contributed by atoms with Gasteiger partial charge in [-0.1, -0.05) is 12.1 Å². The third kappa shape index (κ3) is 4.79. The zero-order valence-corrected chi connectivity index (χ0v) is 21.7. The zero-order valence-electron chi connectivity index (χ0n) is 21.7. The van der Waals surface area contributed by atoms with Crippen LogP contribution in [-0.2, 0) is 16.0 Å². The van der Waals surface area contributed by atoms with Gasteiger partial charge in [0.2, 0.25) is 0 Å². The molecule has 1 amide bonds. The Morgan fingerprint density at radius 1 is 1.08 bits per heavy atom. The summed E-state index contributed by atoms with van der Waals surface area (Å²) in [5.41, 5.74) is 4.91. The van der Waals surface area contributed by atoms with Crippen LogP contribution in [0.5, 0.6) is 0 Å². The number of aromatic nitrogens is 3. The van der Waals surface area contributed by atoms with Crippen LogP contribution in [0.1, 0.15) is 46.8 Å². The minimum atomic E-state index is -0.168. The molecule has 0 bridgehead atoms. The molecular weight excluding hydrogens is 482 g/mol. The van der Waals surface area contributed by atoms with Crippen LogP contribution in [0, 0.1) is 6.92 Å². The van der Waals surface area contributed by atoms with Crippen LogP contribution in [-0.4, -0.2) is 60.2 Å². The monoisotopic (exact) mass is 515 g/mol. The van der Waals surface area contributed by atoms with E-state index in [0.717, 1.165) is 73.3 Å². The number of aryl methyl sites for hydroxylation is 1. The average molecular weight is 516 g/mol. The quantitative estimate of drug-likeness (QED) is 0.420. The molecule has 4 heterocycles. The summed E-state index contributed by atoms with van der Waals surface area (Å²) in [5, 5.41) is 9.05. The number of benzene rings is 2. The van der Waals surface area contributed by atoms with Gasteiger partial charge in [-0.25, -0.2) is 0 Å². The van der Waals surface area contributed by atoms with Crippen molar-refractivity contribution in [3.05, 3.63) is 69.6 Å². The van der Waals surface area contributed by atoms with Crippen molar-refractivity contribution in [2.24, 2.45) is 0 Å². The largest absolute Gasteiger partial charge is 0.381 e. The molecule has 6 rings (SSSR count). The summed E-state index contributed by atoms with van der Waals surface area (Å²) in [7, 11) is 0. The Hall–Kier alpha value is -3.69. The van der Waals surface area contributed by atoms with E-state index in [4.69, 9.17) is 9.47 Å². The summed E-state index contributed by atoms with van der Waals surface area (Å²) in [4.78, 5) is 31.5. The Balaban J connectivity index is 1.28. The number of nitrogens with one attached hydrogen (secondary N) is 2. The van der Waals surface area contributed by atoms with Crippen molar-refractivity contribution in [3.63, 3.8) is 0 Å². The van der Waals surface area contributed by atoms with E-state index < -0.39 is 0 Å². The number of carbonyl (C=O) groups is 1. The van der Waals surface area contributed by atoms with Crippen LogP contribution in [0.3, 0.4) is 0 Å². The van der Waals surface area contributed by atoms with Crippen molar-refractivity contribution < 1.29 is 14.3 Å². The Kier molecular flexibility index (Phi) is 6.86. The third-order valence-corrected chi connectivity index (χ3v) is 7.64. The van der Waals surface area contributed by atoms with Gasteiger partial charge in [0.15, 0.2) is 0 Å². The Bertz CT molecular complexity index is 1530. The van der Waals surface area contributed by atoms with Crippen LogP contribution in [0.15, 0.2) is 47.4 Å². The molecule has 0 atom stereocenters. The topological polar surface area (TPSA) is 101 Å². The summed E-state index contributed by atoms with van der Waals surface area (Å²) in [6, 6.07) is 12.3. The number of fused-ring (bicyclic) bond motifs is 3. The third-order valence-electron chi connectivity index (χ3n) is 7.64. The molecule has 9 nitrogen and oxygen atoms in total. The highest BCUT2D eigenvalue weighted by Crippen LogP contribution is 2.30. The molecule has 2 aromatic heterocycles. The summed E-state index contributed by atoms with van der Waals surface area (Å²) in [5.74, 6) is -0.144. The number of hydrogen-bond acceptors (Lipinski definition) is 6. The van der Waals surface area contributed by atoms with Gasteiger partial charge in [0.1, 0.15) is 0 Å². The van der Waals surface area contributed by atoms with E-state index in [1.807, 2.05) is 35.9 Å². The normalized spacial score (nSPS) is 17.1. The Labute approximate surface area is 220 Å². The fourth-order valence-electron chi connectivity index (χ4n) is 5.59. The minimum Gasteiger partial charge on any atom is -0.381 e. The summed E-state index contributed by atoms with van der Waals surface area (Å²) in [6.07, 6.45) is 4.32. The highest BCUT2D eigenvalue weighted by atomic mass is 16.5. The SMILES string of the molecule is Cc1cc2[nH]c(=O)c3cnn(C4CCOCC4)c3c2cc1C(=O)NCc1cccc(N2CCCOCC2)c1. The molecule has 4 aromatic rings. The first-order valence-corrected chi connectivity index (χ1v) is 13.4. The van der Waals surface area contributed by atoms with E-state index in [9.17, 15) is 9.59 Å². The average Bonchev–Trinajstić information content (AvgIpc) is 3.21. The lowest BCUT2D eigenvalue weighted by molar-refractivity contribution is 0.0675.